The molecule has 0 aliphatic heterocycles. The number of aliphatic hydroxyl groups excluding tert-OH is 1. The van der Waals surface area contributed by atoms with Crippen molar-refractivity contribution in [2.75, 3.05) is 13.2 Å². The zero-order chi connectivity index (χ0) is 13.5. The number of carbonyl (C=O) groups is 1. The van der Waals surface area contributed by atoms with Gasteiger partial charge in [0.1, 0.15) is 0 Å². The second-order valence-electron chi connectivity index (χ2n) is 4.75. The number of nitrogens with two attached hydrogens (primary N) is 1. The van der Waals surface area contributed by atoms with Gasteiger partial charge in [0, 0.05) is 18.7 Å². The van der Waals surface area contributed by atoms with E-state index in [4.69, 9.17) is 10.8 Å². The summed E-state index contributed by atoms with van der Waals surface area (Å²) in [6.45, 7) is 5.94. The van der Waals surface area contributed by atoms with E-state index in [0.717, 1.165) is 30.6 Å². The maximum atomic E-state index is 11.0. The molecule has 0 radical (unpaired) electrons. The minimum absolute atomic E-state index is 0.231. The minimum atomic E-state index is -0.394. The summed E-state index contributed by atoms with van der Waals surface area (Å²) in [7, 11) is 0. The van der Waals surface area contributed by atoms with Gasteiger partial charge in [-0.05, 0) is 49.1 Å². The molecule has 0 aromatic heterocycles. The number of benzene rings is 1. The number of hydrogen-bond acceptors (Lipinski definition) is 3. The summed E-state index contributed by atoms with van der Waals surface area (Å²) >= 11 is 0. The first-order chi connectivity index (χ1) is 8.54. The Morgan fingerprint density at radius 2 is 2.22 bits per heavy atom. The summed E-state index contributed by atoms with van der Waals surface area (Å²) in [4.78, 5) is 11.0. The van der Waals surface area contributed by atoms with Crippen LogP contribution in [0.1, 0.15) is 34.8 Å². The largest absolute Gasteiger partial charge is 0.396 e. The van der Waals surface area contributed by atoms with Crippen LogP contribution >= 0.6 is 0 Å². The van der Waals surface area contributed by atoms with E-state index in [1.54, 1.807) is 6.07 Å². The number of nitrogens with one attached hydrogen (secondary N) is 1. The molecule has 1 unspecified atom stereocenters. The minimum Gasteiger partial charge on any atom is -0.396 e. The Labute approximate surface area is 108 Å². The van der Waals surface area contributed by atoms with E-state index in [1.165, 1.54) is 0 Å². The predicted octanol–water partition coefficient (Wildman–Crippen LogP) is 1.20. The Morgan fingerprint density at radius 3 is 2.78 bits per heavy atom. The summed E-state index contributed by atoms with van der Waals surface area (Å²) in [5.74, 6) is 0.0642. The topological polar surface area (TPSA) is 75.4 Å². The Hall–Kier alpha value is -1.39. The van der Waals surface area contributed by atoms with Crippen LogP contribution in [0.3, 0.4) is 0 Å². The quantitative estimate of drug-likeness (QED) is 0.680. The molecule has 1 amide bonds. The fraction of sp³-hybridized carbons (Fsp3) is 0.500. The van der Waals surface area contributed by atoms with Crippen molar-refractivity contribution in [3.63, 3.8) is 0 Å². The second kappa shape index (κ2) is 7.13. The fourth-order valence-corrected chi connectivity index (χ4v) is 1.82. The lowest BCUT2D eigenvalue weighted by Crippen LogP contribution is -2.22. The smallest absolute Gasteiger partial charge is 0.248 e. The molecule has 1 rings (SSSR count). The van der Waals surface area contributed by atoms with E-state index in [2.05, 4.69) is 12.2 Å². The molecule has 4 N–H and O–H groups in total. The lowest BCUT2D eigenvalue weighted by molar-refractivity contribution is 0.1000. The van der Waals surface area contributed by atoms with Gasteiger partial charge in [0.2, 0.25) is 5.91 Å². The predicted molar refractivity (Wildman–Crippen MR) is 72.3 cm³/mol. The molecule has 1 aromatic carbocycles. The van der Waals surface area contributed by atoms with Gasteiger partial charge in [0.25, 0.3) is 0 Å². The molecule has 0 aliphatic carbocycles. The average molecular weight is 250 g/mol. The van der Waals surface area contributed by atoms with E-state index in [9.17, 15) is 4.79 Å². The Balaban J connectivity index is 2.50. The third-order valence-electron chi connectivity index (χ3n) is 3.06. The van der Waals surface area contributed by atoms with Crippen LogP contribution in [0.5, 0.6) is 0 Å². The monoisotopic (exact) mass is 250 g/mol. The zero-order valence-corrected chi connectivity index (χ0v) is 11.1. The van der Waals surface area contributed by atoms with Gasteiger partial charge in [-0.1, -0.05) is 13.0 Å². The average Bonchev–Trinajstić information content (AvgIpc) is 2.31. The highest BCUT2D eigenvalue weighted by Crippen LogP contribution is 2.11. The number of aryl methyl sites for hydroxylation is 1. The van der Waals surface area contributed by atoms with Gasteiger partial charge in [-0.15, -0.1) is 0 Å². The Kier molecular flexibility index (Phi) is 5.82. The van der Waals surface area contributed by atoms with Crippen LogP contribution in [0.25, 0.3) is 0 Å². The third kappa shape index (κ3) is 4.47. The normalized spacial score (nSPS) is 12.4. The fourth-order valence-electron chi connectivity index (χ4n) is 1.82. The summed E-state index contributed by atoms with van der Waals surface area (Å²) in [5.41, 5.74) is 8.00. The van der Waals surface area contributed by atoms with E-state index in [0.29, 0.717) is 11.5 Å². The highest BCUT2D eigenvalue weighted by atomic mass is 16.3. The first-order valence-electron chi connectivity index (χ1n) is 6.25. The van der Waals surface area contributed by atoms with Crippen molar-refractivity contribution in [1.82, 2.24) is 5.32 Å². The van der Waals surface area contributed by atoms with Crippen molar-refractivity contribution in [2.24, 2.45) is 11.7 Å². The van der Waals surface area contributed by atoms with E-state index >= 15 is 0 Å². The van der Waals surface area contributed by atoms with Gasteiger partial charge in [-0.3, -0.25) is 4.79 Å². The first-order valence-corrected chi connectivity index (χ1v) is 6.25. The molecule has 4 heteroatoms. The maximum Gasteiger partial charge on any atom is 0.248 e. The Morgan fingerprint density at radius 1 is 1.50 bits per heavy atom. The first kappa shape index (κ1) is 14.7. The van der Waals surface area contributed by atoms with Crippen molar-refractivity contribution >= 4 is 5.91 Å². The van der Waals surface area contributed by atoms with Crippen molar-refractivity contribution in [3.05, 3.63) is 34.9 Å². The van der Waals surface area contributed by atoms with Crippen LogP contribution < -0.4 is 11.1 Å². The van der Waals surface area contributed by atoms with E-state index < -0.39 is 5.91 Å². The second-order valence-corrected chi connectivity index (χ2v) is 4.75. The molecule has 0 heterocycles. The van der Waals surface area contributed by atoms with Crippen LogP contribution in [-0.4, -0.2) is 24.2 Å². The van der Waals surface area contributed by atoms with Gasteiger partial charge in [0.15, 0.2) is 0 Å². The SMILES string of the molecule is Cc1cc(C(N)=O)ccc1CNCC(C)CCO. The maximum absolute atomic E-state index is 11.0. The van der Waals surface area contributed by atoms with Gasteiger partial charge in [-0.25, -0.2) is 0 Å². The molecule has 0 saturated carbocycles. The molecule has 4 nitrogen and oxygen atoms in total. The summed E-state index contributed by atoms with van der Waals surface area (Å²) in [6.07, 6.45) is 0.812. The van der Waals surface area contributed by atoms with Crippen LogP contribution in [0, 0.1) is 12.8 Å². The molecule has 0 spiro atoms. The molecule has 0 bridgehead atoms. The summed E-state index contributed by atoms with van der Waals surface area (Å²) < 4.78 is 0. The molecule has 0 saturated heterocycles. The highest BCUT2D eigenvalue weighted by Gasteiger charge is 2.05. The molecular formula is C14H22N2O2. The van der Waals surface area contributed by atoms with E-state index in [1.807, 2.05) is 19.1 Å². The van der Waals surface area contributed by atoms with Gasteiger partial charge >= 0.3 is 0 Å². The molecular weight excluding hydrogens is 228 g/mol. The molecule has 1 atom stereocenters. The standard InChI is InChI=1S/C14H22N2O2/c1-10(5-6-17)8-16-9-13-4-3-12(14(15)18)7-11(13)2/h3-4,7,10,16-17H,5-6,8-9H2,1-2H3,(H2,15,18). The number of primary amides is 1. The van der Waals surface area contributed by atoms with Crippen LogP contribution in [0.4, 0.5) is 0 Å². The number of hydrogen-bond donors (Lipinski definition) is 3. The van der Waals surface area contributed by atoms with Gasteiger partial charge in [-0.2, -0.15) is 0 Å². The zero-order valence-electron chi connectivity index (χ0n) is 11.1. The third-order valence-corrected chi connectivity index (χ3v) is 3.06. The Bertz CT molecular complexity index is 405. The lowest BCUT2D eigenvalue weighted by Gasteiger charge is -2.12. The molecule has 18 heavy (non-hydrogen) atoms. The van der Waals surface area contributed by atoms with Crippen LogP contribution in [0.15, 0.2) is 18.2 Å². The number of aliphatic hydroxyl groups is 1. The number of carbonyl (C=O) groups excluding carboxylic acids is 1. The molecule has 0 fully saturated rings. The van der Waals surface area contributed by atoms with Crippen molar-refractivity contribution in [2.45, 2.75) is 26.8 Å². The van der Waals surface area contributed by atoms with Crippen LogP contribution in [0.2, 0.25) is 0 Å². The highest BCUT2D eigenvalue weighted by molar-refractivity contribution is 5.93. The van der Waals surface area contributed by atoms with Gasteiger partial charge in [0.05, 0.1) is 0 Å². The van der Waals surface area contributed by atoms with Crippen molar-refractivity contribution < 1.29 is 9.90 Å². The summed E-state index contributed by atoms with van der Waals surface area (Å²) in [5, 5.41) is 12.2. The molecule has 0 aliphatic rings. The molecule has 100 valence electrons. The van der Waals surface area contributed by atoms with E-state index in [-0.39, 0.29) is 6.61 Å². The molecule has 1 aromatic rings. The van der Waals surface area contributed by atoms with Crippen molar-refractivity contribution in [3.8, 4) is 0 Å². The summed E-state index contributed by atoms with van der Waals surface area (Å²) in [6, 6.07) is 5.50. The van der Waals surface area contributed by atoms with Crippen molar-refractivity contribution in [1.29, 1.82) is 0 Å². The number of amides is 1. The lowest BCUT2D eigenvalue weighted by atomic mass is 10.0. The number of rotatable bonds is 7. The van der Waals surface area contributed by atoms with Crippen LogP contribution in [-0.2, 0) is 6.54 Å². The van der Waals surface area contributed by atoms with Gasteiger partial charge < -0.3 is 16.2 Å².